The number of hydrogen-bond donors (Lipinski definition) is 2. The van der Waals surface area contributed by atoms with Crippen LogP contribution in [0.3, 0.4) is 0 Å². The number of halogens is 2. The summed E-state index contributed by atoms with van der Waals surface area (Å²) >= 11 is 1.31. The number of aromatic nitrogens is 1. The quantitative estimate of drug-likeness (QED) is 0.822. The van der Waals surface area contributed by atoms with Crippen molar-refractivity contribution in [1.82, 2.24) is 10.3 Å². The van der Waals surface area contributed by atoms with Crippen molar-refractivity contribution in [2.45, 2.75) is 26.3 Å². The van der Waals surface area contributed by atoms with Crippen molar-refractivity contribution in [3.05, 3.63) is 29.5 Å². The first-order valence-electron chi connectivity index (χ1n) is 6.60. The summed E-state index contributed by atoms with van der Waals surface area (Å²) in [7, 11) is 0. The topological polar surface area (TPSA) is 81.1 Å². The zero-order valence-electron chi connectivity index (χ0n) is 12.4. The van der Waals surface area contributed by atoms with Gasteiger partial charge in [0.15, 0.2) is 10.8 Å². The molecule has 1 amide bonds. The summed E-state index contributed by atoms with van der Waals surface area (Å²) in [5.74, 6) is 1.03. The maximum Gasteiger partial charge on any atom is 0.263 e. The molecule has 0 spiro atoms. The number of nitrogens with zero attached hydrogens (tertiary/aromatic N) is 1. The van der Waals surface area contributed by atoms with E-state index in [1.54, 1.807) is 18.5 Å². The standard InChI is InChI=1S/C14H19N3O2S.2ClH/c1-9(2)6-10(7-15)17-13(18)12-8-16-14(20-12)11-4-3-5-19-11;;/h3-5,8-10H,6-7,15H2,1-2H3,(H,17,18);2*1H. The Morgan fingerprint density at radius 1 is 1.45 bits per heavy atom. The van der Waals surface area contributed by atoms with E-state index in [1.165, 1.54) is 11.3 Å². The van der Waals surface area contributed by atoms with E-state index >= 15 is 0 Å². The summed E-state index contributed by atoms with van der Waals surface area (Å²) < 4.78 is 5.26. The van der Waals surface area contributed by atoms with E-state index in [2.05, 4.69) is 24.1 Å². The second kappa shape index (κ2) is 9.84. The molecule has 0 aliphatic rings. The molecule has 0 aromatic carbocycles. The second-order valence-corrected chi connectivity index (χ2v) is 6.07. The van der Waals surface area contributed by atoms with E-state index in [-0.39, 0.29) is 36.8 Å². The van der Waals surface area contributed by atoms with Crippen LogP contribution in [0.25, 0.3) is 10.8 Å². The highest BCUT2D eigenvalue weighted by Crippen LogP contribution is 2.25. The van der Waals surface area contributed by atoms with Gasteiger partial charge in [0.2, 0.25) is 0 Å². The minimum Gasteiger partial charge on any atom is -0.462 e. The zero-order valence-corrected chi connectivity index (χ0v) is 14.9. The van der Waals surface area contributed by atoms with Crippen LogP contribution >= 0.6 is 36.2 Å². The average molecular weight is 366 g/mol. The van der Waals surface area contributed by atoms with E-state index in [4.69, 9.17) is 10.2 Å². The molecule has 0 radical (unpaired) electrons. The van der Waals surface area contributed by atoms with Crippen LogP contribution in [0.5, 0.6) is 0 Å². The molecule has 0 aliphatic heterocycles. The van der Waals surface area contributed by atoms with Crippen molar-refractivity contribution in [2.24, 2.45) is 11.7 Å². The number of amides is 1. The number of carbonyl (C=O) groups excluding carboxylic acids is 1. The molecule has 8 heteroatoms. The maximum atomic E-state index is 12.2. The van der Waals surface area contributed by atoms with Crippen LogP contribution < -0.4 is 11.1 Å². The predicted octanol–water partition coefficient (Wildman–Crippen LogP) is 3.35. The molecular formula is C14H21Cl2N3O2S. The minimum atomic E-state index is -0.128. The Morgan fingerprint density at radius 2 is 2.18 bits per heavy atom. The van der Waals surface area contributed by atoms with Crippen molar-refractivity contribution in [2.75, 3.05) is 6.54 Å². The Labute approximate surface area is 146 Å². The summed E-state index contributed by atoms with van der Waals surface area (Å²) in [4.78, 5) is 16.9. The van der Waals surface area contributed by atoms with E-state index in [1.807, 2.05) is 6.07 Å². The normalized spacial score (nSPS) is 11.5. The van der Waals surface area contributed by atoms with Gasteiger partial charge in [-0.25, -0.2) is 4.98 Å². The molecule has 2 rings (SSSR count). The van der Waals surface area contributed by atoms with Crippen molar-refractivity contribution >= 4 is 42.1 Å². The molecule has 0 aliphatic carbocycles. The zero-order chi connectivity index (χ0) is 14.5. The van der Waals surface area contributed by atoms with Gasteiger partial charge in [0.1, 0.15) is 4.88 Å². The number of furan rings is 1. The number of carbonyl (C=O) groups is 1. The first-order valence-corrected chi connectivity index (χ1v) is 7.42. The summed E-state index contributed by atoms with van der Waals surface area (Å²) in [6, 6.07) is 3.61. The summed E-state index contributed by atoms with van der Waals surface area (Å²) in [5.41, 5.74) is 5.69. The minimum absolute atomic E-state index is 0. The fourth-order valence-electron chi connectivity index (χ4n) is 1.93. The lowest BCUT2D eigenvalue weighted by molar-refractivity contribution is 0.0937. The van der Waals surface area contributed by atoms with Crippen LogP contribution in [0, 0.1) is 5.92 Å². The number of nitrogens with two attached hydrogens (primary N) is 1. The third-order valence-corrected chi connectivity index (χ3v) is 3.85. The number of nitrogens with one attached hydrogen (secondary N) is 1. The number of rotatable bonds is 6. The van der Waals surface area contributed by atoms with Gasteiger partial charge in [-0.15, -0.1) is 36.2 Å². The molecule has 0 saturated heterocycles. The van der Waals surface area contributed by atoms with Gasteiger partial charge >= 0.3 is 0 Å². The smallest absolute Gasteiger partial charge is 0.263 e. The van der Waals surface area contributed by atoms with E-state index in [0.29, 0.717) is 28.1 Å². The van der Waals surface area contributed by atoms with Gasteiger partial charge < -0.3 is 15.5 Å². The summed E-state index contributed by atoms with van der Waals surface area (Å²) in [5, 5.41) is 3.65. The lowest BCUT2D eigenvalue weighted by Crippen LogP contribution is -2.40. The molecular weight excluding hydrogens is 345 g/mol. The number of thiazole rings is 1. The summed E-state index contributed by atoms with van der Waals surface area (Å²) in [6.07, 6.45) is 4.02. The molecule has 2 aromatic heterocycles. The maximum absolute atomic E-state index is 12.2. The lowest BCUT2D eigenvalue weighted by atomic mass is 10.0. The monoisotopic (exact) mass is 365 g/mol. The van der Waals surface area contributed by atoms with Gasteiger partial charge in [-0.1, -0.05) is 13.8 Å². The average Bonchev–Trinajstić information content (AvgIpc) is 3.07. The van der Waals surface area contributed by atoms with Gasteiger partial charge in [-0.05, 0) is 24.5 Å². The molecule has 2 aromatic rings. The van der Waals surface area contributed by atoms with E-state index < -0.39 is 0 Å². The SMILES string of the molecule is CC(C)CC(CN)NC(=O)c1cnc(-c2ccco2)s1.Cl.Cl. The van der Waals surface area contributed by atoms with Crippen LogP contribution in [0.1, 0.15) is 29.9 Å². The fraction of sp³-hybridized carbons (Fsp3) is 0.429. The largest absolute Gasteiger partial charge is 0.462 e. The van der Waals surface area contributed by atoms with Gasteiger partial charge in [0.25, 0.3) is 5.91 Å². The molecule has 2 heterocycles. The third kappa shape index (κ3) is 5.61. The molecule has 22 heavy (non-hydrogen) atoms. The highest BCUT2D eigenvalue weighted by atomic mass is 35.5. The fourth-order valence-corrected chi connectivity index (χ4v) is 2.72. The molecule has 124 valence electrons. The molecule has 1 unspecified atom stereocenters. The lowest BCUT2D eigenvalue weighted by Gasteiger charge is -2.18. The third-order valence-electron chi connectivity index (χ3n) is 2.84. The van der Waals surface area contributed by atoms with Gasteiger partial charge in [0, 0.05) is 12.6 Å². The molecule has 0 saturated carbocycles. The van der Waals surface area contributed by atoms with Crippen molar-refractivity contribution < 1.29 is 9.21 Å². The Hall–Kier alpha value is -1.08. The van der Waals surface area contributed by atoms with Crippen LogP contribution in [-0.2, 0) is 0 Å². The van der Waals surface area contributed by atoms with Crippen LogP contribution in [0.15, 0.2) is 29.0 Å². The second-order valence-electron chi connectivity index (χ2n) is 5.04. The Morgan fingerprint density at radius 3 is 2.73 bits per heavy atom. The van der Waals surface area contributed by atoms with Crippen LogP contribution in [0.2, 0.25) is 0 Å². The number of hydrogen-bond acceptors (Lipinski definition) is 5. The molecule has 0 fully saturated rings. The van der Waals surface area contributed by atoms with Gasteiger partial charge in [0.05, 0.1) is 12.5 Å². The first kappa shape index (κ1) is 20.9. The molecule has 3 N–H and O–H groups in total. The first-order chi connectivity index (χ1) is 9.60. The van der Waals surface area contributed by atoms with Gasteiger partial charge in [-0.3, -0.25) is 4.79 Å². The van der Waals surface area contributed by atoms with E-state index in [0.717, 1.165) is 6.42 Å². The van der Waals surface area contributed by atoms with Crippen molar-refractivity contribution in [1.29, 1.82) is 0 Å². The Bertz CT molecular complexity index is 558. The Balaban J connectivity index is 0.00000220. The van der Waals surface area contributed by atoms with Crippen LogP contribution in [0.4, 0.5) is 0 Å². The summed E-state index contributed by atoms with van der Waals surface area (Å²) in [6.45, 7) is 4.65. The predicted molar refractivity (Wildman–Crippen MR) is 94.1 cm³/mol. The van der Waals surface area contributed by atoms with Crippen LogP contribution in [-0.4, -0.2) is 23.5 Å². The van der Waals surface area contributed by atoms with E-state index in [9.17, 15) is 4.79 Å². The van der Waals surface area contributed by atoms with Crippen molar-refractivity contribution in [3.63, 3.8) is 0 Å². The Kier molecular flexibility index (Phi) is 9.36. The molecule has 5 nitrogen and oxygen atoms in total. The van der Waals surface area contributed by atoms with Gasteiger partial charge in [-0.2, -0.15) is 0 Å². The van der Waals surface area contributed by atoms with Crippen molar-refractivity contribution in [3.8, 4) is 10.8 Å². The molecule has 1 atom stereocenters. The highest BCUT2D eigenvalue weighted by Gasteiger charge is 2.17. The highest BCUT2D eigenvalue weighted by molar-refractivity contribution is 7.16. The molecule has 0 bridgehead atoms.